The van der Waals surface area contributed by atoms with E-state index >= 15 is 0 Å². The number of aromatic nitrogens is 1. The molecule has 2 aliphatic heterocycles. The van der Waals surface area contributed by atoms with Crippen LogP contribution < -0.4 is 0 Å². The maximum Gasteiger partial charge on any atom is 0.410 e. The highest BCUT2D eigenvalue weighted by Crippen LogP contribution is 2.45. The van der Waals surface area contributed by atoms with E-state index in [1.807, 2.05) is 36.4 Å². The predicted molar refractivity (Wildman–Crippen MR) is 97.4 cm³/mol. The van der Waals surface area contributed by atoms with Crippen molar-refractivity contribution in [2.24, 2.45) is 0 Å². The number of nitrogens with zero attached hydrogens (tertiary/aromatic N) is 3. The second-order valence-corrected chi connectivity index (χ2v) is 7.32. The minimum absolute atomic E-state index is 0.0607. The molecule has 2 aliphatic rings. The number of fused-ring (bicyclic) bond motifs is 2. The minimum Gasteiger partial charge on any atom is -0.445 e. The van der Waals surface area contributed by atoms with Crippen LogP contribution in [-0.4, -0.2) is 33.2 Å². The van der Waals surface area contributed by atoms with Crippen molar-refractivity contribution in [2.45, 2.75) is 50.0 Å². The van der Waals surface area contributed by atoms with Crippen molar-refractivity contribution in [3.05, 3.63) is 65.5 Å². The molecule has 138 valence electrons. The molecule has 3 heterocycles. The first-order chi connectivity index (χ1) is 13.1. The van der Waals surface area contributed by atoms with Crippen molar-refractivity contribution >= 4 is 6.09 Å². The number of hydrogen-bond acceptors (Lipinski definition) is 5. The summed E-state index contributed by atoms with van der Waals surface area (Å²) in [4.78, 5) is 18.7. The average Bonchev–Trinajstić information content (AvgIpc) is 2.99. The van der Waals surface area contributed by atoms with Gasteiger partial charge in [0.25, 0.3) is 0 Å². The van der Waals surface area contributed by atoms with Gasteiger partial charge in [-0.2, -0.15) is 5.26 Å². The maximum absolute atomic E-state index is 12.6. The Hall–Kier alpha value is -2.91. The molecule has 2 saturated heterocycles. The number of rotatable bonds is 3. The zero-order valence-corrected chi connectivity index (χ0v) is 14.9. The molecule has 1 aromatic heterocycles. The van der Waals surface area contributed by atoms with Crippen LogP contribution >= 0.6 is 0 Å². The summed E-state index contributed by atoms with van der Waals surface area (Å²) in [7, 11) is 0. The first-order valence-corrected chi connectivity index (χ1v) is 9.17. The highest BCUT2D eigenvalue weighted by molar-refractivity contribution is 5.69. The largest absolute Gasteiger partial charge is 0.445 e. The number of carbonyl (C=O) groups is 1. The van der Waals surface area contributed by atoms with Crippen LogP contribution in [0.25, 0.3) is 0 Å². The summed E-state index contributed by atoms with van der Waals surface area (Å²) in [6.45, 7) is 0.247. The van der Waals surface area contributed by atoms with Gasteiger partial charge in [0.2, 0.25) is 0 Å². The Labute approximate surface area is 158 Å². The number of pyridine rings is 1. The molecule has 1 N–H and O–H groups in total. The lowest BCUT2D eigenvalue weighted by atomic mass is 9.83. The Balaban J connectivity index is 1.45. The number of piperidine rings is 1. The topological polar surface area (TPSA) is 86.5 Å². The third-order valence-electron chi connectivity index (χ3n) is 5.55. The highest BCUT2D eigenvalue weighted by Gasteiger charge is 2.51. The van der Waals surface area contributed by atoms with Crippen LogP contribution in [0.3, 0.4) is 0 Å². The Morgan fingerprint density at radius 1 is 1.22 bits per heavy atom. The van der Waals surface area contributed by atoms with Gasteiger partial charge in [0, 0.05) is 31.1 Å². The van der Waals surface area contributed by atoms with Crippen molar-refractivity contribution in [1.29, 1.82) is 5.26 Å². The van der Waals surface area contributed by atoms with Crippen molar-refractivity contribution in [1.82, 2.24) is 9.88 Å². The molecule has 0 spiro atoms. The Kier molecular flexibility index (Phi) is 4.54. The maximum atomic E-state index is 12.6. The normalized spacial score (nSPS) is 26.4. The second kappa shape index (κ2) is 7.01. The molecule has 4 rings (SSSR count). The highest BCUT2D eigenvalue weighted by atomic mass is 16.6. The number of nitriles is 1. The number of benzene rings is 1. The van der Waals surface area contributed by atoms with E-state index in [0.29, 0.717) is 24.1 Å². The first kappa shape index (κ1) is 17.5. The van der Waals surface area contributed by atoms with E-state index in [9.17, 15) is 9.90 Å². The molecule has 2 fully saturated rings. The van der Waals surface area contributed by atoms with Crippen LogP contribution in [0.4, 0.5) is 4.79 Å². The SMILES string of the molecule is N#Cc1ccc(C2(O)CC3CCC(C2)N3C(=O)OCc2ccccc2)nc1. The summed E-state index contributed by atoms with van der Waals surface area (Å²) in [5.41, 5.74) is 0.909. The van der Waals surface area contributed by atoms with Crippen LogP contribution in [0.5, 0.6) is 0 Å². The van der Waals surface area contributed by atoms with Gasteiger partial charge in [-0.05, 0) is 30.5 Å². The lowest BCUT2D eigenvalue weighted by Crippen LogP contribution is -2.52. The second-order valence-electron chi connectivity index (χ2n) is 7.32. The lowest BCUT2D eigenvalue weighted by molar-refractivity contribution is -0.0564. The zero-order valence-electron chi connectivity index (χ0n) is 14.9. The quantitative estimate of drug-likeness (QED) is 0.905. The number of carbonyl (C=O) groups excluding carboxylic acids is 1. The number of amides is 1. The third kappa shape index (κ3) is 3.38. The summed E-state index contributed by atoms with van der Waals surface area (Å²) in [5, 5.41) is 20.1. The zero-order chi connectivity index (χ0) is 18.9. The van der Waals surface area contributed by atoms with E-state index < -0.39 is 5.60 Å². The molecule has 0 radical (unpaired) electrons. The van der Waals surface area contributed by atoms with Crippen molar-refractivity contribution in [2.75, 3.05) is 0 Å². The molecule has 27 heavy (non-hydrogen) atoms. The first-order valence-electron chi connectivity index (χ1n) is 9.17. The van der Waals surface area contributed by atoms with Crippen LogP contribution in [0, 0.1) is 11.3 Å². The molecule has 1 amide bonds. The van der Waals surface area contributed by atoms with Gasteiger partial charge in [0.05, 0.1) is 11.3 Å². The van der Waals surface area contributed by atoms with E-state index in [1.165, 1.54) is 6.20 Å². The fourth-order valence-electron chi connectivity index (χ4n) is 4.26. The number of aliphatic hydroxyl groups is 1. The predicted octanol–water partition coefficient (Wildman–Crippen LogP) is 3.10. The summed E-state index contributed by atoms with van der Waals surface area (Å²) in [5.74, 6) is 0. The van der Waals surface area contributed by atoms with Gasteiger partial charge < -0.3 is 14.7 Å². The van der Waals surface area contributed by atoms with E-state index in [-0.39, 0.29) is 24.8 Å². The summed E-state index contributed by atoms with van der Waals surface area (Å²) < 4.78 is 5.51. The Morgan fingerprint density at radius 2 is 1.93 bits per heavy atom. The summed E-state index contributed by atoms with van der Waals surface area (Å²) >= 11 is 0. The van der Waals surface area contributed by atoms with Crippen molar-refractivity contribution in [3.63, 3.8) is 0 Å². The average molecular weight is 363 g/mol. The molecule has 6 nitrogen and oxygen atoms in total. The smallest absolute Gasteiger partial charge is 0.410 e. The standard InChI is InChI=1S/C21H21N3O3/c22-12-16-6-9-19(23-13-16)21(26)10-17-7-8-18(11-21)24(17)20(25)27-14-15-4-2-1-3-5-15/h1-6,9,13,17-18,26H,7-8,10-11,14H2. The lowest BCUT2D eigenvalue weighted by Gasteiger charge is -2.42. The number of hydrogen-bond donors (Lipinski definition) is 1. The summed E-state index contributed by atoms with van der Waals surface area (Å²) in [6.07, 6.45) is 3.73. The fourth-order valence-corrected chi connectivity index (χ4v) is 4.26. The molecule has 2 unspecified atom stereocenters. The molecule has 2 atom stereocenters. The van der Waals surface area contributed by atoms with Crippen LogP contribution in [0.15, 0.2) is 48.7 Å². The van der Waals surface area contributed by atoms with Gasteiger partial charge in [-0.25, -0.2) is 4.79 Å². The van der Waals surface area contributed by atoms with E-state index in [2.05, 4.69) is 4.98 Å². The van der Waals surface area contributed by atoms with Gasteiger partial charge in [0.1, 0.15) is 18.3 Å². The van der Waals surface area contributed by atoms with Crippen LogP contribution in [-0.2, 0) is 16.9 Å². The molecule has 6 heteroatoms. The van der Waals surface area contributed by atoms with Crippen molar-refractivity contribution < 1.29 is 14.6 Å². The third-order valence-corrected chi connectivity index (χ3v) is 5.55. The van der Waals surface area contributed by atoms with Crippen LogP contribution in [0.2, 0.25) is 0 Å². The minimum atomic E-state index is -1.07. The van der Waals surface area contributed by atoms with E-state index in [0.717, 1.165) is 18.4 Å². The molecular formula is C21H21N3O3. The van der Waals surface area contributed by atoms with Gasteiger partial charge in [0.15, 0.2) is 0 Å². The fraction of sp³-hybridized carbons (Fsp3) is 0.381. The van der Waals surface area contributed by atoms with Gasteiger partial charge in [-0.1, -0.05) is 30.3 Å². The van der Waals surface area contributed by atoms with Gasteiger partial charge in [-0.3, -0.25) is 4.98 Å². The van der Waals surface area contributed by atoms with Crippen molar-refractivity contribution in [3.8, 4) is 6.07 Å². The molecule has 0 saturated carbocycles. The molecule has 2 bridgehead atoms. The summed E-state index contributed by atoms with van der Waals surface area (Å²) in [6, 6.07) is 14.9. The van der Waals surface area contributed by atoms with E-state index in [1.54, 1.807) is 17.0 Å². The van der Waals surface area contributed by atoms with Gasteiger partial charge >= 0.3 is 6.09 Å². The van der Waals surface area contributed by atoms with Crippen LogP contribution in [0.1, 0.15) is 42.5 Å². The van der Waals surface area contributed by atoms with E-state index in [4.69, 9.17) is 10.00 Å². The molecule has 1 aromatic carbocycles. The Morgan fingerprint density at radius 3 is 2.52 bits per heavy atom. The Bertz CT molecular complexity index is 846. The molecular weight excluding hydrogens is 342 g/mol. The molecule has 0 aliphatic carbocycles. The van der Waals surface area contributed by atoms with Gasteiger partial charge in [-0.15, -0.1) is 0 Å². The number of ether oxygens (including phenoxy) is 1. The molecule has 2 aromatic rings. The monoisotopic (exact) mass is 363 g/mol.